The van der Waals surface area contributed by atoms with Crippen molar-refractivity contribution < 1.29 is 14.3 Å². The van der Waals surface area contributed by atoms with Crippen molar-refractivity contribution in [3.63, 3.8) is 0 Å². The van der Waals surface area contributed by atoms with Gasteiger partial charge in [0.2, 0.25) is 6.17 Å². The Morgan fingerprint density at radius 1 is 1.53 bits per heavy atom. The maximum atomic E-state index is 12.7. The van der Waals surface area contributed by atoms with Gasteiger partial charge in [0, 0.05) is 10.6 Å². The van der Waals surface area contributed by atoms with E-state index >= 15 is 0 Å². The second kappa shape index (κ2) is 5.37. The summed E-state index contributed by atoms with van der Waals surface area (Å²) in [7, 11) is 0. The Kier molecular flexibility index (Phi) is 4.13. The topological polar surface area (TPSA) is 61.1 Å². The van der Waals surface area contributed by atoms with Gasteiger partial charge >= 0.3 is 5.97 Å². The number of hydrogen-bond donors (Lipinski definition) is 1. The van der Waals surface area contributed by atoms with Crippen molar-refractivity contribution in [1.29, 1.82) is 5.26 Å². The molecule has 0 heterocycles. The predicted octanol–water partition coefficient (Wildman–Crippen LogP) is 2.07. The molecule has 0 fully saturated rings. The molecule has 0 saturated carbocycles. The van der Waals surface area contributed by atoms with Gasteiger partial charge in [0.25, 0.3) is 0 Å². The minimum absolute atomic E-state index is 0.124. The number of nitriles is 1. The Balaban J connectivity index is 2.52. The van der Waals surface area contributed by atoms with Gasteiger partial charge in [0.05, 0.1) is 11.6 Å². The largest absolute Gasteiger partial charge is 0.479 e. The molecule has 0 aromatic heterocycles. The van der Waals surface area contributed by atoms with Gasteiger partial charge in [-0.1, -0.05) is 0 Å². The van der Waals surface area contributed by atoms with Crippen LogP contribution in [0.2, 0.25) is 0 Å². The standard InChI is InChI=1S/C10H8FNO2S/c11-9(10(13)14)6-15-8-3-1-7(5-12)2-4-8/h1-4,9H,6H2,(H,13,14). The van der Waals surface area contributed by atoms with Gasteiger partial charge in [0.1, 0.15) is 0 Å². The summed E-state index contributed by atoms with van der Waals surface area (Å²) in [5, 5.41) is 16.8. The van der Waals surface area contributed by atoms with Crippen molar-refractivity contribution in [2.75, 3.05) is 5.75 Å². The van der Waals surface area contributed by atoms with Crippen molar-refractivity contribution >= 4 is 17.7 Å². The van der Waals surface area contributed by atoms with E-state index < -0.39 is 12.1 Å². The van der Waals surface area contributed by atoms with Crippen molar-refractivity contribution in [3.05, 3.63) is 29.8 Å². The highest BCUT2D eigenvalue weighted by Crippen LogP contribution is 2.20. The predicted molar refractivity (Wildman–Crippen MR) is 54.4 cm³/mol. The summed E-state index contributed by atoms with van der Waals surface area (Å²) in [5.41, 5.74) is 0.523. The molecule has 5 heteroatoms. The van der Waals surface area contributed by atoms with Crippen LogP contribution in [-0.4, -0.2) is 23.0 Å². The second-order valence-corrected chi connectivity index (χ2v) is 3.85. The van der Waals surface area contributed by atoms with E-state index in [1.807, 2.05) is 6.07 Å². The molecule has 0 spiro atoms. The molecule has 1 atom stereocenters. The minimum atomic E-state index is -1.86. The van der Waals surface area contributed by atoms with E-state index in [4.69, 9.17) is 10.4 Å². The van der Waals surface area contributed by atoms with E-state index in [1.165, 1.54) is 0 Å². The Morgan fingerprint density at radius 3 is 2.60 bits per heavy atom. The highest BCUT2D eigenvalue weighted by molar-refractivity contribution is 7.99. The minimum Gasteiger partial charge on any atom is -0.479 e. The molecule has 0 saturated heterocycles. The Bertz CT molecular complexity index is 385. The van der Waals surface area contributed by atoms with E-state index in [0.29, 0.717) is 5.56 Å². The van der Waals surface area contributed by atoms with Gasteiger partial charge in [0.15, 0.2) is 0 Å². The Labute approximate surface area is 90.5 Å². The molecule has 1 N–H and O–H groups in total. The normalized spacial score (nSPS) is 11.7. The van der Waals surface area contributed by atoms with Gasteiger partial charge in [-0.15, -0.1) is 11.8 Å². The molecule has 0 radical (unpaired) electrons. The smallest absolute Gasteiger partial charge is 0.339 e. The van der Waals surface area contributed by atoms with Gasteiger partial charge in [-0.3, -0.25) is 0 Å². The number of hydrogen-bond acceptors (Lipinski definition) is 3. The van der Waals surface area contributed by atoms with Crippen LogP contribution in [0, 0.1) is 11.3 Å². The fourth-order valence-electron chi connectivity index (χ4n) is 0.866. The van der Waals surface area contributed by atoms with E-state index in [9.17, 15) is 9.18 Å². The summed E-state index contributed by atoms with van der Waals surface area (Å²) in [4.78, 5) is 10.9. The number of benzene rings is 1. The summed E-state index contributed by atoms with van der Waals surface area (Å²) in [5.74, 6) is -1.57. The summed E-state index contributed by atoms with van der Waals surface area (Å²) in [6, 6.07) is 8.50. The molecular formula is C10H8FNO2S. The van der Waals surface area contributed by atoms with Crippen LogP contribution in [0.1, 0.15) is 5.56 Å². The number of nitrogens with zero attached hydrogens (tertiary/aromatic N) is 1. The van der Waals surface area contributed by atoms with E-state index in [1.54, 1.807) is 24.3 Å². The molecule has 0 aliphatic carbocycles. The fraction of sp³-hybridized carbons (Fsp3) is 0.200. The number of alkyl halides is 1. The second-order valence-electron chi connectivity index (χ2n) is 2.75. The van der Waals surface area contributed by atoms with Crippen molar-refractivity contribution in [2.24, 2.45) is 0 Å². The third-order valence-electron chi connectivity index (χ3n) is 1.65. The monoisotopic (exact) mass is 225 g/mol. The SMILES string of the molecule is N#Cc1ccc(SCC(F)C(=O)O)cc1. The van der Waals surface area contributed by atoms with E-state index in [0.717, 1.165) is 16.7 Å². The highest BCUT2D eigenvalue weighted by atomic mass is 32.2. The quantitative estimate of drug-likeness (QED) is 0.797. The first-order valence-electron chi connectivity index (χ1n) is 4.13. The van der Waals surface area contributed by atoms with Crippen LogP contribution in [0.15, 0.2) is 29.2 Å². The number of rotatable bonds is 4. The number of carbonyl (C=O) groups is 1. The number of carboxylic acids is 1. The number of halogens is 1. The average molecular weight is 225 g/mol. The molecule has 3 nitrogen and oxygen atoms in total. The van der Waals surface area contributed by atoms with Crippen molar-refractivity contribution in [1.82, 2.24) is 0 Å². The third kappa shape index (κ3) is 3.60. The van der Waals surface area contributed by atoms with Crippen molar-refractivity contribution in [2.45, 2.75) is 11.1 Å². The first-order valence-corrected chi connectivity index (χ1v) is 5.12. The molecule has 0 bridgehead atoms. The van der Waals surface area contributed by atoms with Crippen LogP contribution in [-0.2, 0) is 4.79 Å². The molecule has 0 aliphatic rings. The van der Waals surface area contributed by atoms with Gasteiger partial charge < -0.3 is 5.11 Å². The summed E-state index contributed by atoms with van der Waals surface area (Å²) in [6.45, 7) is 0. The van der Waals surface area contributed by atoms with Crippen LogP contribution in [0.5, 0.6) is 0 Å². The van der Waals surface area contributed by atoms with Crippen LogP contribution in [0.25, 0.3) is 0 Å². The summed E-state index contributed by atoms with van der Waals surface area (Å²) in [6.07, 6.45) is -1.86. The first-order chi connectivity index (χ1) is 7.13. The molecule has 78 valence electrons. The number of carboxylic acid groups (broad SMARTS) is 1. The van der Waals surface area contributed by atoms with Crippen LogP contribution in [0.4, 0.5) is 4.39 Å². The maximum absolute atomic E-state index is 12.7. The van der Waals surface area contributed by atoms with Crippen LogP contribution in [0.3, 0.4) is 0 Å². The van der Waals surface area contributed by atoms with Gasteiger partial charge in [-0.25, -0.2) is 9.18 Å². The molecule has 15 heavy (non-hydrogen) atoms. The third-order valence-corrected chi connectivity index (χ3v) is 2.71. The lowest BCUT2D eigenvalue weighted by Gasteiger charge is -2.02. The molecular weight excluding hydrogens is 217 g/mol. The lowest BCUT2D eigenvalue weighted by Crippen LogP contribution is -2.16. The first kappa shape index (κ1) is 11.5. The molecule has 0 amide bonds. The fourth-order valence-corrected chi connectivity index (χ4v) is 1.68. The molecule has 1 aromatic carbocycles. The zero-order valence-electron chi connectivity index (χ0n) is 7.68. The summed E-state index contributed by atoms with van der Waals surface area (Å²) >= 11 is 1.11. The lowest BCUT2D eigenvalue weighted by atomic mass is 10.2. The Morgan fingerprint density at radius 2 is 2.13 bits per heavy atom. The zero-order valence-corrected chi connectivity index (χ0v) is 8.50. The van der Waals surface area contributed by atoms with Gasteiger partial charge in [-0.2, -0.15) is 5.26 Å². The molecule has 1 rings (SSSR count). The summed E-state index contributed by atoms with van der Waals surface area (Å²) < 4.78 is 12.7. The highest BCUT2D eigenvalue weighted by Gasteiger charge is 2.15. The van der Waals surface area contributed by atoms with E-state index in [-0.39, 0.29) is 5.75 Å². The average Bonchev–Trinajstić information content (AvgIpc) is 2.26. The Hall–Kier alpha value is -1.54. The lowest BCUT2D eigenvalue weighted by molar-refractivity contribution is -0.141. The van der Waals surface area contributed by atoms with Crippen molar-refractivity contribution in [3.8, 4) is 6.07 Å². The molecule has 1 unspecified atom stereocenters. The van der Waals surface area contributed by atoms with E-state index in [2.05, 4.69) is 0 Å². The molecule has 0 aliphatic heterocycles. The van der Waals surface area contributed by atoms with Crippen LogP contribution >= 0.6 is 11.8 Å². The molecule has 1 aromatic rings. The van der Waals surface area contributed by atoms with Crippen LogP contribution < -0.4 is 0 Å². The number of aliphatic carboxylic acids is 1. The van der Waals surface area contributed by atoms with Gasteiger partial charge in [-0.05, 0) is 24.3 Å². The number of thioether (sulfide) groups is 1. The maximum Gasteiger partial charge on any atom is 0.339 e. The zero-order chi connectivity index (χ0) is 11.3.